The van der Waals surface area contributed by atoms with E-state index in [0.717, 1.165) is 0 Å². The fourth-order valence-electron chi connectivity index (χ4n) is 1.90. The lowest BCUT2D eigenvalue weighted by Gasteiger charge is -2.30. The zero-order valence-electron chi connectivity index (χ0n) is 15.0. The second kappa shape index (κ2) is 11.1. The van der Waals surface area contributed by atoms with Crippen LogP contribution in [0.15, 0.2) is 0 Å². The molecular weight excluding hydrogens is 286 g/mol. The van der Waals surface area contributed by atoms with Crippen molar-refractivity contribution < 1.29 is 24.2 Å². The highest BCUT2D eigenvalue weighted by Crippen LogP contribution is 2.12. The summed E-state index contributed by atoms with van der Waals surface area (Å²) in [5, 5.41) is 11.0. The number of carbonyl (C=O) groups excluding carboxylic acids is 1. The van der Waals surface area contributed by atoms with Crippen molar-refractivity contribution in [2.45, 2.75) is 72.5 Å². The van der Waals surface area contributed by atoms with E-state index >= 15 is 0 Å². The van der Waals surface area contributed by atoms with Gasteiger partial charge in [-0.25, -0.2) is 0 Å². The number of rotatable bonds is 12. The van der Waals surface area contributed by atoms with Crippen LogP contribution in [0.2, 0.25) is 0 Å². The molecule has 0 radical (unpaired) electrons. The number of ketones is 1. The summed E-state index contributed by atoms with van der Waals surface area (Å²) in [5.41, 5.74) is 0. The predicted molar refractivity (Wildman–Crippen MR) is 85.3 cm³/mol. The molecule has 22 heavy (non-hydrogen) atoms. The lowest BCUT2D eigenvalue weighted by molar-refractivity contribution is -0.278. The van der Waals surface area contributed by atoms with Crippen LogP contribution in [0.1, 0.15) is 48.0 Å². The first-order chi connectivity index (χ1) is 10.2. The summed E-state index contributed by atoms with van der Waals surface area (Å²) in [5.74, 6) is 0.00955. The van der Waals surface area contributed by atoms with Crippen molar-refractivity contribution >= 4 is 5.78 Å². The highest BCUT2D eigenvalue weighted by molar-refractivity contribution is 5.80. The van der Waals surface area contributed by atoms with Gasteiger partial charge in [0, 0.05) is 19.4 Å². The van der Waals surface area contributed by atoms with Gasteiger partial charge in [0.1, 0.15) is 18.1 Å². The number of nitrogens with zero attached hydrogens (tertiary/aromatic N) is 1. The van der Waals surface area contributed by atoms with Gasteiger partial charge in [-0.2, -0.15) is 5.06 Å². The molecule has 0 aromatic heterocycles. The Labute approximate surface area is 134 Å². The van der Waals surface area contributed by atoms with E-state index in [0.29, 0.717) is 6.42 Å². The molecule has 0 aromatic carbocycles. The fourth-order valence-corrected chi connectivity index (χ4v) is 1.90. The molecule has 0 rings (SSSR count). The summed E-state index contributed by atoms with van der Waals surface area (Å²) in [6, 6.07) is 0. The summed E-state index contributed by atoms with van der Waals surface area (Å²) < 4.78 is 11.3. The maximum absolute atomic E-state index is 11.7. The maximum atomic E-state index is 11.7. The lowest BCUT2D eigenvalue weighted by atomic mass is 9.99. The van der Waals surface area contributed by atoms with Crippen molar-refractivity contribution in [3.8, 4) is 0 Å². The van der Waals surface area contributed by atoms with Crippen LogP contribution in [0.3, 0.4) is 0 Å². The molecule has 0 aromatic rings. The summed E-state index contributed by atoms with van der Waals surface area (Å²) in [6.45, 7) is 11.4. The summed E-state index contributed by atoms with van der Waals surface area (Å²) >= 11 is 0. The van der Waals surface area contributed by atoms with Crippen LogP contribution in [0.5, 0.6) is 0 Å². The average molecular weight is 319 g/mol. The Balaban J connectivity index is 4.28. The molecule has 4 atom stereocenters. The Hall–Kier alpha value is -0.530. The molecule has 0 fully saturated rings. The summed E-state index contributed by atoms with van der Waals surface area (Å²) in [4.78, 5) is 17.3. The van der Waals surface area contributed by atoms with Gasteiger partial charge in [0.05, 0.1) is 25.4 Å². The minimum absolute atomic E-state index is 0.0887. The number of hydrogen-bond donors (Lipinski definition) is 1. The smallest absolute Gasteiger partial charge is 0.138 e. The van der Waals surface area contributed by atoms with Gasteiger partial charge < -0.3 is 14.6 Å². The highest BCUT2D eigenvalue weighted by atomic mass is 16.7. The lowest BCUT2D eigenvalue weighted by Crippen LogP contribution is -2.40. The van der Waals surface area contributed by atoms with Gasteiger partial charge in [-0.15, -0.1) is 0 Å². The number of aliphatic hydroxyl groups is 1. The molecule has 0 aliphatic heterocycles. The number of hydroxylamine groups is 2. The van der Waals surface area contributed by atoms with Gasteiger partial charge in [0.25, 0.3) is 0 Å². The Bertz CT molecular complexity index is 311. The number of ether oxygens (including phenoxy) is 2. The van der Waals surface area contributed by atoms with E-state index in [1.165, 1.54) is 0 Å². The highest BCUT2D eigenvalue weighted by Gasteiger charge is 2.22. The number of aliphatic hydroxyl groups excluding tert-OH is 1. The van der Waals surface area contributed by atoms with E-state index in [2.05, 4.69) is 0 Å². The largest absolute Gasteiger partial charge is 0.393 e. The van der Waals surface area contributed by atoms with Crippen molar-refractivity contribution in [3.63, 3.8) is 0 Å². The molecule has 1 N–H and O–H groups in total. The quantitative estimate of drug-likeness (QED) is 0.438. The fraction of sp³-hybridized carbons (Fsp3) is 0.938. The normalized spacial score (nSPS) is 17.5. The molecule has 0 amide bonds. The van der Waals surface area contributed by atoms with E-state index in [-0.39, 0.29) is 43.4 Å². The van der Waals surface area contributed by atoms with Crippen LogP contribution in [0.25, 0.3) is 0 Å². The average Bonchev–Trinajstić information content (AvgIpc) is 2.48. The van der Waals surface area contributed by atoms with Gasteiger partial charge in [-0.3, -0.25) is 9.63 Å². The minimum Gasteiger partial charge on any atom is -0.393 e. The molecule has 0 aliphatic rings. The van der Waals surface area contributed by atoms with E-state index in [1.807, 2.05) is 41.5 Å². The Kier molecular flexibility index (Phi) is 10.8. The zero-order valence-corrected chi connectivity index (χ0v) is 15.0. The molecule has 6 nitrogen and oxygen atoms in total. The van der Waals surface area contributed by atoms with Crippen molar-refractivity contribution in [3.05, 3.63) is 0 Å². The second-order valence-electron chi connectivity index (χ2n) is 5.89. The van der Waals surface area contributed by atoms with Gasteiger partial charge >= 0.3 is 0 Å². The first kappa shape index (κ1) is 21.5. The number of hydrogen-bond acceptors (Lipinski definition) is 6. The van der Waals surface area contributed by atoms with Crippen LogP contribution >= 0.6 is 0 Å². The van der Waals surface area contributed by atoms with Crippen molar-refractivity contribution in [1.82, 2.24) is 5.06 Å². The molecule has 0 aliphatic carbocycles. The molecular formula is C16H33NO5. The summed E-state index contributed by atoms with van der Waals surface area (Å²) in [6.07, 6.45) is -0.339. The molecule has 6 heteroatoms. The third kappa shape index (κ3) is 8.19. The summed E-state index contributed by atoms with van der Waals surface area (Å²) in [7, 11) is 1.75. The monoisotopic (exact) mass is 319 g/mol. The van der Waals surface area contributed by atoms with Crippen LogP contribution in [0.4, 0.5) is 0 Å². The zero-order chi connectivity index (χ0) is 17.3. The molecule has 0 spiro atoms. The van der Waals surface area contributed by atoms with Crippen LogP contribution in [-0.4, -0.2) is 60.8 Å². The molecule has 0 bridgehead atoms. The van der Waals surface area contributed by atoms with E-state index < -0.39 is 6.10 Å². The standard InChI is InChI=1S/C16H33NO5/c1-8-16(19)12(4)13(5)20-10-15(9-18)22-17(7)14(6)21-11(2)3/h11-15,18H,8-10H2,1-7H3. The molecule has 0 saturated heterocycles. The Morgan fingerprint density at radius 1 is 1.18 bits per heavy atom. The second-order valence-corrected chi connectivity index (χ2v) is 5.89. The molecule has 0 saturated carbocycles. The van der Waals surface area contributed by atoms with Crippen molar-refractivity contribution in [2.75, 3.05) is 20.3 Å². The number of Topliss-reactive ketones (excluding diaryl/α,β-unsaturated/α-hetero) is 1. The third-order valence-corrected chi connectivity index (χ3v) is 3.61. The minimum atomic E-state index is -0.491. The number of carbonyl (C=O) groups is 1. The maximum Gasteiger partial charge on any atom is 0.138 e. The molecule has 4 unspecified atom stereocenters. The van der Waals surface area contributed by atoms with Crippen LogP contribution in [0, 0.1) is 5.92 Å². The molecule has 132 valence electrons. The van der Waals surface area contributed by atoms with Crippen LogP contribution < -0.4 is 0 Å². The Morgan fingerprint density at radius 3 is 2.23 bits per heavy atom. The molecule has 0 heterocycles. The van der Waals surface area contributed by atoms with Gasteiger partial charge in [0.15, 0.2) is 0 Å². The van der Waals surface area contributed by atoms with E-state index in [1.54, 1.807) is 12.1 Å². The van der Waals surface area contributed by atoms with Crippen molar-refractivity contribution in [2.24, 2.45) is 5.92 Å². The first-order valence-corrected chi connectivity index (χ1v) is 8.03. The Morgan fingerprint density at radius 2 is 1.77 bits per heavy atom. The SMILES string of the molecule is CCC(=O)C(C)C(C)OCC(CO)ON(C)C(C)OC(C)C. The van der Waals surface area contributed by atoms with Gasteiger partial charge in [-0.1, -0.05) is 13.8 Å². The van der Waals surface area contributed by atoms with Crippen molar-refractivity contribution in [1.29, 1.82) is 0 Å². The third-order valence-electron chi connectivity index (χ3n) is 3.61. The topological polar surface area (TPSA) is 68.2 Å². The van der Waals surface area contributed by atoms with E-state index in [9.17, 15) is 9.90 Å². The van der Waals surface area contributed by atoms with Gasteiger partial charge in [-0.05, 0) is 27.7 Å². The van der Waals surface area contributed by atoms with Crippen LogP contribution in [-0.2, 0) is 19.1 Å². The predicted octanol–water partition coefficient (Wildman–Crippen LogP) is 2.00. The first-order valence-electron chi connectivity index (χ1n) is 8.03. The van der Waals surface area contributed by atoms with E-state index in [4.69, 9.17) is 14.3 Å². The van der Waals surface area contributed by atoms with Gasteiger partial charge in [0.2, 0.25) is 0 Å².